The zero-order valence-corrected chi connectivity index (χ0v) is 12.2. The molecule has 0 heterocycles. The van der Waals surface area contributed by atoms with Crippen molar-refractivity contribution >= 4 is 33.0 Å². The summed E-state index contributed by atoms with van der Waals surface area (Å²) >= 11 is 3.39. The van der Waals surface area contributed by atoms with Crippen LogP contribution in [-0.4, -0.2) is 7.11 Å². The molecule has 5 heteroatoms. The number of ether oxygens (including phenoxy) is 1. The predicted molar refractivity (Wildman–Crippen MR) is 79.5 cm³/mol. The lowest BCUT2D eigenvalue weighted by molar-refractivity contribution is 0.416. The van der Waals surface area contributed by atoms with Gasteiger partial charge in [0, 0.05) is 22.3 Å². The highest BCUT2D eigenvalue weighted by Gasteiger charge is 2.09. The van der Waals surface area contributed by atoms with Crippen LogP contribution in [0.15, 0.2) is 34.8 Å². The average molecular weight is 325 g/mol. The van der Waals surface area contributed by atoms with Crippen molar-refractivity contribution in [3.05, 3.63) is 46.2 Å². The molecule has 0 radical (unpaired) electrons. The first kappa shape index (κ1) is 13.7. The van der Waals surface area contributed by atoms with Crippen LogP contribution in [0, 0.1) is 12.7 Å². The fraction of sp³-hybridized carbons (Fsp3) is 0.143. The molecule has 0 aliphatic carbocycles. The van der Waals surface area contributed by atoms with Crippen molar-refractivity contribution in [1.82, 2.24) is 0 Å². The SMILES string of the molecule is COc1cc(Nc2ccc(Br)cc2C)c(F)cc1N. The maximum Gasteiger partial charge on any atom is 0.148 e. The van der Waals surface area contributed by atoms with Gasteiger partial charge in [0.2, 0.25) is 0 Å². The highest BCUT2D eigenvalue weighted by atomic mass is 79.9. The molecule has 2 aromatic rings. The number of nitrogens with one attached hydrogen (secondary N) is 1. The molecule has 3 N–H and O–H groups in total. The first-order chi connectivity index (χ1) is 9.01. The summed E-state index contributed by atoms with van der Waals surface area (Å²) in [6, 6.07) is 8.51. The van der Waals surface area contributed by atoms with Crippen molar-refractivity contribution in [1.29, 1.82) is 0 Å². The summed E-state index contributed by atoms with van der Waals surface area (Å²) in [7, 11) is 1.50. The van der Waals surface area contributed by atoms with Crippen LogP contribution < -0.4 is 15.8 Å². The molecule has 0 aliphatic rings. The fourth-order valence-corrected chi connectivity index (χ4v) is 2.23. The summed E-state index contributed by atoms with van der Waals surface area (Å²) in [5.41, 5.74) is 8.08. The first-order valence-corrected chi connectivity index (χ1v) is 6.46. The van der Waals surface area contributed by atoms with E-state index in [2.05, 4.69) is 21.2 Å². The monoisotopic (exact) mass is 324 g/mol. The highest BCUT2D eigenvalue weighted by Crippen LogP contribution is 2.31. The van der Waals surface area contributed by atoms with E-state index >= 15 is 0 Å². The molecule has 0 spiro atoms. The van der Waals surface area contributed by atoms with Crippen LogP contribution in [0.25, 0.3) is 0 Å². The Bertz CT molecular complexity index is 617. The number of aryl methyl sites for hydroxylation is 1. The predicted octanol–water partition coefficient (Wildman–Crippen LogP) is 4.23. The van der Waals surface area contributed by atoms with E-state index in [1.54, 1.807) is 6.07 Å². The van der Waals surface area contributed by atoms with Gasteiger partial charge in [-0.25, -0.2) is 4.39 Å². The molecule has 3 nitrogen and oxygen atoms in total. The Hall–Kier alpha value is -1.75. The van der Waals surface area contributed by atoms with E-state index in [0.29, 0.717) is 11.4 Å². The molecular formula is C14H14BrFN2O. The van der Waals surface area contributed by atoms with Crippen LogP contribution in [0.5, 0.6) is 5.75 Å². The van der Waals surface area contributed by atoms with Crippen molar-refractivity contribution in [2.24, 2.45) is 0 Å². The van der Waals surface area contributed by atoms with Crippen molar-refractivity contribution in [3.8, 4) is 5.75 Å². The maximum atomic E-state index is 13.9. The molecule has 100 valence electrons. The lowest BCUT2D eigenvalue weighted by Crippen LogP contribution is -1.99. The first-order valence-electron chi connectivity index (χ1n) is 5.67. The number of benzene rings is 2. The average Bonchev–Trinajstić information content (AvgIpc) is 2.35. The van der Waals surface area contributed by atoms with Gasteiger partial charge in [-0.3, -0.25) is 0 Å². The second kappa shape index (κ2) is 5.48. The summed E-state index contributed by atoms with van der Waals surface area (Å²) in [6.45, 7) is 1.94. The summed E-state index contributed by atoms with van der Waals surface area (Å²) in [5, 5.41) is 3.04. The van der Waals surface area contributed by atoms with E-state index in [0.717, 1.165) is 15.7 Å². The fourth-order valence-electron chi connectivity index (χ4n) is 1.75. The number of methoxy groups -OCH3 is 1. The molecule has 0 saturated heterocycles. The number of rotatable bonds is 3. The minimum absolute atomic E-state index is 0.276. The molecule has 0 fully saturated rings. The van der Waals surface area contributed by atoms with Gasteiger partial charge in [-0.05, 0) is 30.7 Å². The Morgan fingerprint density at radius 1 is 1.21 bits per heavy atom. The van der Waals surface area contributed by atoms with Crippen LogP contribution in [0.2, 0.25) is 0 Å². The molecule has 0 aromatic heterocycles. The Balaban J connectivity index is 2.37. The zero-order valence-electron chi connectivity index (χ0n) is 10.6. The van der Waals surface area contributed by atoms with Gasteiger partial charge in [-0.2, -0.15) is 0 Å². The zero-order chi connectivity index (χ0) is 14.0. The molecule has 0 amide bonds. The van der Waals surface area contributed by atoms with E-state index in [9.17, 15) is 4.39 Å². The quantitative estimate of drug-likeness (QED) is 0.830. The third-order valence-electron chi connectivity index (χ3n) is 2.78. The summed E-state index contributed by atoms with van der Waals surface area (Å²) in [5.74, 6) is 0.0271. The molecule has 0 saturated carbocycles. The van der Waals surface area contributed by atoms with Gasteiger partial charge in [0.1, 0.15) is 11.6 Å². The van der Waals surface area contributed by atoms with Crippen molar-refractivity contribution in [2.75, 3.05) is 18.2 Å². The van der Waals surface area contributed by atoms with Gasteiger partial charge in [0.05, 0.1) is 18.5 Å². The van der Waals surface area contributed by atoms with Gasteiger partial charge in [0.15, 0.2) is 0 Å². The van der Waals surface area contributed by atoms with Crippen LogP contribution in [-0.2, 0) is 0 Å². The number of halogens is 2. The largest absolute Gasteiger partial charge is 0.495 e. The Morgan fingerprint density at radius 2 is 1.95 bits per heavy atom. The molecule has 2 aromatic carbocycles. The van der Waals surface area contributed by atoms with Gasteiger partial charge >= 0.3 is 0 Å². The second-order valence-corrected chi connectivity index (χ2v) is 5.07. The number of nitrogens with two attached hydrogens (primary N) is 1. The maximum absolute atomic E-state index is 13.9. The standard InChI is InChI=1S/C14H14BrFN2O/c1-8-5-9(15)3-4-12(8)18-13-7-14(19-2)11(17)6-10(13)16/h3-7,18H,17H2,1-2H3. The van der Waals surface area contributed by atoms with Crippen molar-refractivity contribution in [3.63, 3.8) is 0 Å². The smallest absolute Gasteiger partial charge is 0.148 e. The Kier molecular flexibility index (Phi) is 3.95. The van der Waals surface area contributed by atoms with E-state index in [4.69, 9.17) is 10.5 Å². The van der Waals surface area contributed by atoms with E-state index in [-0.39, 0.29) is 5.69 Å². The van der Waals surface area contributed by atoms with Crippen LogP contribution in [0.3, 0.4) is 0 Å². The minimum atomic E-state index is -0.416. The number of hydrogen-bond donors (Lipinski definition) is 2. The molecule has 19 heavy (non-hydrogen) atoms. The number of nitrogen functional groups attached to an aromatic ring is 1. The molecule has 2 rings (SSSR count). The second-order valence-electron chi connectivity index (χ2n) is 4.16. The van der Waals surface area contributed by atoms with Crippen LogP contribution in [0.4, 0.5) is 21.5 Å². The topological polar surface area (TPSA) is 47.3 Å². The third kappa shape index (κ3) is 2.98. The van der Waals surface area contributed by atoms with Gasteiger partial charge in [-0.15, -0.1) is 0 Å². The summed E-state index contributed by atoms with van der Waals surface area (Å²) in [6.07, 6.45) is 0. The lowest BCUT2D eigenvalue weighted by Gasteiger charge is -2.13. The third-order valence-corrected chi connectivity index (χ3v) is 3.27. The lowest BCUT2D eigenvalue weighted by atomic mass is 10.2. The van der Waals surface area contributed by atoms with Crippen molar-refractivity contribution in [2.45, 2.75) is 6.92 Å². The molecule has 0 bridgehead atoms. The van der Waals surface area contributed by atoms with Gasteiger partial charge < -0.3 is 15.8 Å². The Labute approximate surface area is 119 Å². The normalized spacial score (nSPS) is 10.3. The molecule has 0 atom stereocenters. The van der Waals surface area contributed by atoms with Gasteiger partial charge in [-0.1, -0.05) is 15.9 Å². The minimum Gasteiger partial charge on any atom is -0.495 e. The Morgan fingerprint density at radius 3 is 2.58 bits per heavy atom. The van der Waals surface area contributed by atoms with Crippen LogP contribution in [0.1, 0.15) is 5.56 Å². The summed E-state index contributed by atoms with van der Waals surface area (Å²) < 4.78 is 19.9. The summed E-state index contributed by atoms with van der Waals surface area (Å²) in [4.78, 5) is 0. The van der Waals surface area contributed by atoms with Crippen LogP contribution >= 0.6 is 15.9 Å². The van der Waals surface area contributed by atoms with E-state index in [1.807, 2.05) is 25.1 Å². The molecular weight excluding hydrogens is 311 g/mol. The number of anilines is 3. The van der Waals surface area contributed by atoms with Gasteiger partial charge in [0.25, 0.3) is 0 Å². The van der Waals surface area contributed by atoms with Crippen molar-refractivity contribution < 1.29 is 9.13 Å². The highest BCUT2D eigenvalue weighted by molar-refractivity contribution is 9.10. The molecule has 0 unspecified atom stereocenters. The molecule has 0 aliphatic heterocycles. The number of hydrogen-bond acceptors (Lipinski definition) is 3. The van der Waals surface area contributed by atoms with E-state index < -0.39 is 5.82 Å². The van der Waals surface area contributed by atoms with E-state index in [1.165, 1.54) is 13.2 Å².